The summed E-state index contributed by atoms with van der Waals surface area (Å²) in [5.74, 6) is 0.868. The van der Waals surface area contributed by atoms with E-state index in [1.165, 1.54) is 31.5 Å². The number of piperidine rings is 1. The van der Waals surface area contributed by atoms with Gasteiger partial charge < -0.3 is 4.57 Å². The van der Waals surface area contributed by atoms with Crippen LogP contribution in [-0.4, -0.2) is 43.4 Å². The number of benzene rings is 1. The van der Waals surface area contributed by atoms with Gasteiger partial charge in [-0.25, -0.2) is 4.98 Å². The van der Waals surface area contributed by atoms with Gasteiger partial charge in [-0.2, -0.15) is 5.10 Å². The van der Waals surface area contributed by atoms with E-state index in [1.54, 1.807) is 0 Å². The second kappa shape index (κ2) is 8.09. The van der Waals surface area contributed by atoms with Crippen LogP contribution in [0.15, 0.2) is 55.2 Å². The van der Waals surface area contributed by atoms with E-state index in [0.717, 1.165) is 30.3 Å². The Morgan fingerprint density at radius 2 is 1.89 bits per heavy atom. The first-order valence-corrected chi connectivity index (χ1v) is 10.00. The molecule has 5 nitrogen and oxygen atoms in total. The van der Waals surface area contributed by atoms with Gasteiger partial charge in [0.1, 0.15) is 0 Å². The van der Waals surface area contributed by atoms with Crippen LogP contribution in [0.25, 0.3) is 11.3 Å². The van der Waals surface area contributed by atoms with Crippen molar-refractivity contribution < 1.29 is 0 Å². The third-order valence-electron chi connectivity index (χ3n) is 5.73. The fourth-order valence-corrected chi connectivity index (χ4v) is 3.93. The van der Waals surface area contributed by atoms with Crippen molar-refractivity contribution in [3.63, 3.8) is 0 Å². The van der Waals surface area contributed by atoms with Crippen LogP contribution in [0.4, 0.5) is 0 Å². The average Bonchev–Trinajstić information content (AvgIpc) is 3.32. The topological polar surface area (TPSA) is 38.9 Å². The van der Waals surface area contributed by atoms with E-state index >= 15 is 0 Å². The zero-order chi connectivity index (χ0) is 18.6. The molecule has 0 spiro atoms. The SMILES string of the molecule is CC1CCN([C@H](C)Cn2cncc2-c2cnn(Cc3ccccc3)c2)CC1. The van der Waals surface area contributed by atoms with Gasteiger partial charge >= 0.3 is 0 Å². The van der Waals surface area contributed by atoms with Crippen molar-refractivity contribution in [2.75, 3.05) is 13.1 Å². The van der Waals surface area contributed by atoms with Crippen molar-refractivity contribution in [1.82, 2.24) is 24.2 Å². The number of rotatable bonds is 6. The summed E-state index contributed by atoms with van der Waals surface area (Å²) < 4.78 is 4.27. The number of hydrogen-bond donors (Lipinski definition) is 0. The normalized spacial score (nSPS) is 17.3. The molecule has 3 aromatic rings. The minimum Gasteiger partial charge on any atom is -0.329 e. The third kappa shape index (κ3) is 4.30. The summed E-state index contributed by atoms with van der Waals surface area (Å²) in [6, 6.07) is 11.0. The summed E-state index contributed by atoms with van der Waals surface area (Å²) in [7, 11) is 0. The number of imidazole rings is 1. The summed E-state index contributed by atoms with van der Waals surface area (Å²) in [4.78, 5) is 7.02. The van der Waals surface area contributed by atoms with Gasteiger partial charge in [-0.3, -0.25) is 9.58 Å². The van der Waals surface area contributed by atoms with Crippen LogP contribution in [0.3, 0.4) is 0 Å². The Hall–Kier alpha value is -2.40. The zero-order valence-electron chi connectivity index (χ0n) is 16.3. The summed E-state index contributed by atoms with van der Waals surface area (Å²) in [5.41, 5.74) is 3.53. The molecular formula is C22H29N5. The Morgan fingerprint density at radius 1 is 1.11 bits per heavy atom. The number of aromatic nitrogens is 4. The molecule has 3 heterocycles. The molecule has 0 N–H and O–H groups in total. The maximum Gasteiger partial charge on any atom is 0.0951 e. The molecule has 27 heavy (non-hydrogen) atoms. The van der Waals surface area contributed by atoms with Gasteiger partial charge in [-0.15, -0.1) is 0 Å². The van der Waals surface area contributed by atoms with Crippen molar-refractivity contribution in [1.29, 1.82) is 0 Å². The first-order chi connectivity index (χ1) is 13.2. The third-order valence-corrected chi connectivity index (χ3v) is 5.73. The molecule has 0 aliphatic carbocycles. The number of nitrogens with zero attached hydrogens (tertiary/aromatic N) is 5. The van der Waals surface area contributed by atoms with Gasteiger partial charge in [-0.05, 0) is 44.3 Å². The second-order valence-corrected chi connectivity index (χ2v) is 7.91. The van der Waals surface area contributed by atoms with Crippen LogP contribution in [0, 0.1) is 5.92 Å². The minimum atomic E-state index is 0.518. The highest BCUT2D eigenvalue weighted by atomic mass is 15.3. The van der Waals surface area contributed by atoms with Gasteiger partial charge in [-0.1, -0.05) is 37.3 Å². The molecule has 4 rings (SSSR count). The first kappa shape index (κ1) is 18.0. The molecule has 1 fully saturated rings. The largest absolute Gasteiger partial charge is 0.329 e. The molecule has 2 aromatic heterocycles. The van der Waals surface area contributed by atoms with Crippen LogP contribution < -0.4 is 0 Å². The Balaban J connectivity index is 1.44. The lowest BCUT2D eigenvalue weighted by molar-refractivity contribution is 0.135. The summed E-state index contributed by atoms with van der Waals surface area (Å²) >= 11 is 0. The highest BCUT2D eigenvalue weighted by molar-refractivity contribution is 5.56. The molecule has 1 aliphatic rings. The Bertz CT molecular complexity index is 842. The average molecular weight is 364 g/mol. The fraction of sp³-hybridized carbons (Fsp3) is 0.455. The molecule has 0 amide bonds. The summed E-state index contributed by atoms with van der Waals surface area (Å²) in [6.07, 6.45) is 10.6. The Labute approximate surface area is 161 Å². The molecule has 0 bridgehead atoms. The molecule has 0 saturated carbocycles. The Kier molecular flexibility index (Phi) is 5.39. The number of hydrogen-bond acceptors (Lipinski definition) is 3. The van der Waals surface area contributed by atoms with Gasteiger partial charge in [0.2, 0.25) is 0 Å². The molecule has 1 atom stereocenters. The first-order valence-electron chi connectivity index (χ1n) is 10.00. The quantitative estimate of drug-likeness (QED) is 0.666. The molecule has 142 valence electrons. The van der Waals surface area contributed by atoms with Crippen LogP contribution in [0.1, 0.15) is 32.3 Å². The highest BCUT2D eigenvalue weighted by Gasteiger charge is 2.21. The standard InChI is InChI=1S/C22H29N5/c1-18-8-10-25(11-9-18)19(2)14-26-17-23-13-22(26)21-12-24-27(16-21)15-20-6-4-3-5-7-20/h3-7,12-13,16-19H,8-11,14-15H2,1-2H3/t19-/m1/s1. The summed E-state index contributed by atoms with van der Waals surface area (Å²) in [6.45, 7) is 8.87. The lowest BCUT2D eigenvalue weighted by Crippen LogP contribution is -2.41. The number of likely N-dealkylation sites (tertiary alicyclic amines) is 1. The van der Waals surface area contributed by atoms with Crippen LogP contribution in [0.2, 0.25) is 0 Å². The van der Waals surface area contributed by atoms with E-state index in [1.807, 2.05) is 29.5 Å². The van der Waals surface area contributed by atoms with E-state index in [-0.39, 0.29) is 0 Å². The maximum absolute atomic E-state index is 4.55. The lowest BCUT2D eigenvalue weighted by Gasteiger charge is -2.35. The maximum atomic E-state index is 4.55. The minimum absolute atomic E-state index is 0.518. The van der Waals surface area contributed by atoms with Crippen molar-refractivity contribution in [2.24, 2.45) is 5.92 Å². The van der Waals surface area contributed by atoms with Gasteiger partial charge in [0.15, 0.2) is 0 Å². The van der Waals surface area contributed by atoms with Gasteiger partial charge in [0, 0.05) is 24.3 Å². The van der Waals surface area contributed by atoms with Gasteiger partial charge in [0.05, 0.1) is 31.0 Å². The van der Waals surface area contributed by atoms with Crippen LogP contribution in [-0.2, 0) is 13.1 Å². The Morgan fingerprint density at radius 3 is 2.67 bits per heavy atom. The lowest BCUT2D eigenvalue weighted by atomic mass is 9.98. The van der Waals surface area contributed by atoms with Crippen molar-refractivity contribution >= 4 is 0 Å². The fourth-order valence-electron chi connectivity index (χ4n) is 3.93. The predicted molar refractivity (Wildman–Crippen MR) is 108 cm³/mol. The molecule has 1 saturated heterocycles. The second-order valence-electron chi connectivity index (χ2n) is 7.91. The summed E-state index contributed by atoms with van der Waals surface area (Å²) in [5, 5.41) is 4.55. The monoisotopic (exact) mass is 363 g/mol. The predicted octanol–water partition coefficient (Wildman–Crippen LogP) is 3.92. The van der Waals surface area contributed by atoms with Crippen LogP contribution in [0.5, 0.6) is 0 Å². The zero-order valence-corrected chi connectivity index (χ0v) is 16.3. The smallest absolute Gasteiger partial charge is 0.0951 e. The molecule has 1 aliphatic heterocycles. The molecule has 5 heteroatoms. The van der Waals surface area contributed by atoms with Crippen molar-refractivity contribution in [2.45, 2.75) is 45.8 Å². The van der Waals surface area contributed by atoms with E-state index in [0.29, 0.717) is 6.04 Å². The van der Waals surface area contributed by atoms with E-state index in [4.69, 9.17) is 0 Å². The molecular weight excluding hydrogens is 334 g/mol. The molecule has 1 aromatic carbocycles. The van der Waals surface area contributed by atoms with Crippen LogP contribution >= 0.6 is 0 Å². The van der Waals surface area contributed by atoms with Crippen molar-refractivity contribution in [3.05, 3.63) is 60.8 Å². The van der Waals surface area contributed by atoms with E-state index < -0.39 is 0 Å². The van der Waals surface area contributed by atoms with E-state index in [2.05, 4.69) is 63.9 Å². The highest BCUT2D eigenvalue weighted by Crippen LogP contribution is 2.22. The molecule has 0 radical (unpaired) electrons. The van der Waals surface area contributed by atoms with Crippen molar-refractivity contribution in [3.8, 4) is 11.3 Å². The molecule has 0 unspecified atom stereocenters. The van der Waals surface area contributed by atoms with Gasteiger partial charge in [0.25, 0.3) is 0 Å². The van der Waals surface area contributed by atoms with E-state index in [9.17, 15) is 0 Å².